The number of carbonyl (C=O) groups excluding carboxylic acids is 1. The third-order valence-electron chi connectivity index (χ3n) is 2.98. The lowest BCUT2D eigenvalue weighted by atomic mass is 9.86. The van der Waals surface area contributed by atoms with Gasteiger partial charge >= 0.3 is 0 Å². The first kappa shape index (κ1) is 10.5. The molecule has 4 nitrogen and oxygen atoms in total. The molecule has 1 aliphatic heterocycles. The van der Waals surface area contributed by atoms with Crippen LogP contribution in [-0.2, 0) is 4.79 Å². The van der Waals surface area contributed by atoms with E-state index in [2.05, 4.69) is 31.4 Å². The van der Waals surface area contributed by atoms with Crippen molar-refractivity contribution in [3.05, 3.63) is 46.2 Å². The molecule has 0 radical (unpaired) electrons. The number of carbonyl (C=O) groups is 1. The van der Waals surface area contributed by atoms with Crippen molar-refractivity contribution in [3.63, 3.8) is 0 Å². The zero-order valence-electron chi connectivity index (χ0n) is 8.90. The molecule has 0 saturated heterocycles. The van der Waals surface area contributed by atoms with Crippen LogP contribution in [0.25, 0.3) is 0 Å². The number of aromatic amines is 1. The van der Waals surface area contributed by atoms with Gasteiger partial charge in [-0.05, 0) is 23.3 Å². The number of aromatic nitrogens is 2. The minimum Gasteiger partial charge on any atom is -0.326 e. The van der Waals surface area contributed by atoms with Crippen molar-refractivity contribution in [3.8, 4) is 0 Å². The van der Waals surface area contributed by atoms with Crippen molar-refractivity contribution < 1.29 is 4.79 Å². The highest BCUT2D eigenvalue weighted by atomic mass is 79.9. The number of nitrogens with zero attached hydrogens (tertiary/aromatic N) is 1. The summed E-state index contributed by atoms with van der Waals surface area (Å²) in [6.45, 7) is 0. The van der Waals surface area contributed by atoms with Crippen LogP contribution in [0.15, 0.2) is 35.1 Å². The summed E-state index contributed by atoms with van der Waals surface area (Å²) in [6, 6.07) is 5.96. The fourth-order valence-corrected chi connectivity index (χ4v) is 2.55. The average molecular weight is 292 g/mol. The summed E-state index contributed by atoms with van der Waals surface area (Å²) in [4.78, 5) is 11.7. The summed E-state index contributed by atoms with van der Waals surface area (Å²) in [5.41, 5.74) is 3.06. The van der Waals surface area contributed by atoms with Gasteiger partial charge in [-0.15, -0.1) is 0 Å². The molecular weight excluding hydrogens is 282 g/mol. The van der Waals surface area contributed by atoms with E-state index >= 15 is 0 Å². The molecule has 1 atom stereocenters. The van der Waals surface area contributed by atoms with Crippen molar-refractivity contribution in [1.82, 2.24) is 10.2 Å². The number of rotatable bonds is 1. The summed E-state index contributed by atoms with van der Waals surface area (Å²) in [7, 11) is 0. The van der Waals surface area contributed by atoms with E-state index in [1.807, 2.05) is 24.4 Å². The summed E-state index contributed by atoms with van der Waals surface area (Å²) < 4.78 is 0.962. The maximum Gasteiger partial charge on any atom is 0.225 e. The van der Waals surface area contributed by atoms with Crippen LogP contribution in [0.5, 0.6) is 0 Å². The molecule has 5 heteroatoms. The number of halogens is 1. The largest absolute Gasteiger partial charge is 0.326 e. The first-order valence-corrected chi connectivity index (χ1v) is 6.11. The molecular formula is C12H10BrN3O. The van der Waals surface area contributed by atoms with Gasteiger partial charge in [0.1, 0.15) is 0 Å². The second-order valence-corrected chi connectivity index (χ2v) is 4.98. The predicted octanol–water partition coefficient (Wildman–Crippen LogP) is 2.65. The number of amides is 1. The normalized spacial score (nSPS) is 18.6. The van der Waals surface area contributed by atoms with E-state index in [0.29, 0.717) is 6.42 Å². The van der Waals surface area contributed by atoms with Gasteiger partial charge in [-0.1, -0.05) is 22.0 Å². The first-order chi connectivity index (χ1) is 8.24. The number of nitrogens with one attached hydrogen (secondary N) is 2. The van der Waals surface area contributed by atoms with Crippen LogP contribution < -0.4 is 5.32 Å². The molecule has 3 rings (SSSR count). The lowest BCUT2D eigenvalue weighted by Gasteiger charge is -2.24. The minimum atomic E-state index is 0.0433. The summed E-state index contributed by atoms with van der Waals surface area (Å²) in [6.07, 6.45) is 4.08. The fraction of sp³-hybridized carbons (Fsp3) is 0.167. The lowest BCUT2D eigenvalue weighted by molar-refractivity contribution is -0.116. The van der Waals surface area contributed by atoms with E-state index in [9.17, 15) is 4.79 Å². The third kappa shape index (κ3) is 1.86. The Bertz CT molecular complexity index is 565. The van der Waals surface area contributed by atoms with E-state index < -0.39 is 0 Å². The number of benzene rings is 1. The smallest absolute Gasteiger partial charge is 0.225 e. The van der Waals surface area contributed by atoms with E-state index in [1.165, 1.54) is 0 Å². The van der Waals surface area contributed by atoms with Crippen LogP contribution in [0.1, 0.15) is 23.5 Å². The number of hydrogen-bond acceptors (Lipinski definition) is 2. The number of H-pyrrole nitrogens is 1. The molecule has 2 heterocycles. The van der Waals surface area contributed by atoms with Crippen LogP contribution in [0.4, 0.5) is 5.69 Å². The second kappa shape index (κ2) is 4.00. The van der Waals surface area contributed by atoms with E-state index in [4.69, 9.17) is 0 Å². The quantitative estimate of drug-likeness (QED) is 0.849. The molecule has 1 aliphatic rings. The van der Waals surface area contributed by atoms with Gasteiger partial charge in [0.05, 0.1) is 6.20 Å². The molecule has 1 amide bonds. The molecule has 1 aromatic heterocycles. The fourth-order valence-electron chi connectivity index (χ4n) is 2.19. The van der Waals surface area contributed by atoms with Crippen molar-refractivity contribution >= 4 is 27.5 Å². The average Bonchev–Trinajstić information content (AvgIpc) is 2.80. The maximum absolute atomic E-state index is 11.7. The molecule has 0 bridgehead atoms. The summed E-state index contributed by atoms with van der Waals surface area (Å²) >= 11 is 3.41. The molecule has 0 saturated carbocycles. The Balaban J connectivity index is 2.11. The summed E-state index contributed by atoms with van der Waals surface area (Å²) in [5, 5.41) is 9.63. The molecule has 0 spiro atoms. The third-order valence-corrected chi connectivity index (χ3v) is 3.47. The lowest BCUT2D eigenvalue weighted by Crippen LogP contribution is -2.23. The molecule has 1 aromatic carbocycles. The van der Waals surface area contributed by atoms with Crippen molar-refractivity contribution in [1.29, 1.82) is 0 Å². The standard InChI is InChI=1S/C12H10BrN3O/c13-8-1-2-9-10(7-5-14-15-6-7)4-12(17)16-11(9)3-8/h1-3,5-6,10H,4H2,(H,14,15)(H,16,17). The van der Waals surface area contributed by atoms with Gasteiger partial charge in [0.2, 0.25) is 5.91 Å². The van der Waals surface area contributed by atoms with E-state index in [0.717, 1.165) is 21.3 Å². The highest BCUT2D eigenvalue weighted by Crippen LogP contribution is 2.37. The Kier molecular flexibility index (Phi) is 2.48. The molecule has 86 valence electrons. The van der Waals surface area contributed by atoms with Crippen LogP contribution >= 0.6 is 15.9 Å². The van der Waals surface area contributed by atoms with E-state index in [-0.39, 0.29) is 11.8 Å². The molecule has 17 heavy (non-hydrogen) atoms. The molecule has 2 N–H and O–H groups in total. The summed E-state index contributed by atoms with van der Waals surface area (Å²) in [5.74, 6) is 0.132. The highest BCUT2D eigenvalue weighted by Gasteiger charge is 2.26. The van der Waals surface area contributed by atoms with Crippen molar-refractivity contribution in [2.24, 2.45) is 0 Å². The van der Waals surface area contributed by atoms with Crippen molar-refractivity contribution in [2.45, 2.75) is 12.3 Å². The van der Waals surface area contributed by atoms with Gasteiger partial charge in [0.15, 0.2) is 0 Å². The topological polar surface area (TPSA) is 57.8 Å². The van der Waals surface area contributed by atoms with Gasteiger partial charge < -0.3 is 5.32 Å². The SMILES string of the molecule is O=C1CC(c2cn[nH]c2)c2ccc(Br)cc2N1. The maximum atomic E-state index is 11.7. The molecule has 0 aliphatic carbocycles. The Morgan fingerprint density at radius 2 is 2.29 bits per heavy atom. The minimum absolute atomic E-state index is 0.0433. The first-order valence-electron chi connectivity index (χ1n) is 5.32. The monoisotopic (exact) mass is 291 g/mol. The van der Waals surface area contributed by atoms with Crippen molar-refractivity contribution in [2.75, 3.05) is 5.32 Å². The Morgan fingerprint density at radius 1 is 1.41 bits per heavy atom. The van der Waals surface area contributed by atoms with Gasteiger partial charge in [-0.2, -0.15) is 5.10 Å². The molecule has 1 unspecified atom stereocenters. The van der Waals surface area contributed by atoms with Crippen LogP contribution in [0.3, 0.4) is 0 Å². The van der Waals surface area contributed by atoms with Crippen LogP contribution in [0, 0.1) is 0 Å². The number of fused-ring (bicyclic) bond motifs is 1. The Labute approximate surface area is 107 Å². The second-order valence-electron chi connectivity index (χ2n) is 4.07. The molecule has 2 aromatic rings. The van der Waals surface area contributed by atoms with Crippen LogP contribution in [-0.4, -0.2) is 16.1 Å². The van der Waals surface area contributed by atoms with Gasteiger partial charge in [0, 0.05) is 28.7 Å². The number of hydrogen-bond donors (Lipinski definition) is 2. The van der Waals surface area contributed by atoms with Gasteiger partial charge in [0.25, 0.3) is 0 Å². The Hall–Kier alpha value is -1.62. The predicted molar refractivity (Wildman–Crippen MR) is 67.8 cm³/mol. The zero-order chi connectivity index (χ0) is 11.8. The zero-order valence-corrected chi connectivity index (χ0v) is 10.5. The number of anilines is 1. The van der Waals surface area contributed by atoms with Crippen LogP contribution in [0.2, 0.25) is 0 Å². The van der Waals surface area contributed by atoms with Gasteiger partial charge in [-0.25, -0.2) is 0 Å². The molecule has 0 fully saturated rings. The van der Waals surface area contributed by atoms with Gasteiger partial charge in [-0.3, -0.25) is 9.89 Å². The van der Waals surface area contributed by atoms with E-state index in [1.54, 1.807) is 6.20 Å². The highest BCUT2D eigenvalue weighted by molar-refractivity contribution is 9.10. The Morgan fingerprint density at radius 3 is 3.06 bits per heavy atom.